The normalized spacial score (nSPS) is 21.6. The van der Waals surface area contributed by atoms with Crippen LogP contribution in [0.1, 0.15) is 39.1 Å². The molecule has 0 spiro atoms. The number of carboxylic acid groups (broad SMARTS) is 1. The number of nitrogens with zero attached hydrogens (tertiary/aromatic N) is 3. The summed E-state index contributed by atoms with van der Waals surface area (Å²) >= 11 is 12.8. The quantitative estimate of drug-likeness (QED) is 0.315. The summed E-state index contributed by atoms with van der Waals surface area (Å²) in [6.45, 7) is -0.721. The zero-order valence-electron chi connectivity index (χ0n) is 24.5. The first kappa shape index (κ1) is 31.8. The van der Waals surface area contributed by atoms with Crippen LogP contribution in [0.4, 0.5) is 28.9 Å². The van der Waals surface area contributed by atoms with E-state index >= 15 is 4.39 Å². The van der Waals surface area contributed by atoms with Gasteiger partial charge in [0.2, 0.25) is 0 Å². The lowest BCUT2D eigenvalue weighted by Crippen LogP contribution is -2.69. The lowest BCUT2D eigenvalue weighted by molar-refractivity contribution is -0.267. The fourth-order valence-corrected chi connectivity index (χ4v) is 7.48. The van der Waals surface area contributed by atoms with Crippen LogP contribution in [-0.2, 0) is 11.3 Å². The van der Waals surface area contributed by atoms with E-state index in [9.17, 15) is 33.0 Å². The Morgan fingerprint density at radius 2 is 1.64 bits per heavy atom. The number of hydrogen-bond donors (Lipinski definition) is 2. The van der Waals surface area contributed by atoms with Crippen molar-refractivity contribution in [2.45, 2.75) is 43.2 Å². The van der Waals surface area contributed by atoms with Gasteiger partial charge >= 0.3 is 12.1 Å². The Morgan fingerprint density at radius 1 is 0.979 bits per heavy atom. The number of hydrogen-bond acceptors (Lipinski definition) is 7. The van der Waals surface area contributed by atoms with Crippen molar-refractivity contribution in [2.75, 3.05) is 42.8 Å². The number of morpholine rings is 1. The van der Waals surface area contributed by atoms with Crippen molar-refractivity contribution in [1.29, 1.82) is 0 Å². The number of alkyl halides is 3. The van der Waals surface area contributed by atoms with Gasteiger partial charge in [0, 0.05) is 22.4 Å². The number of β-amino-alcohol motifs (C(OH)–C–C–N with tert-alkyl or cyclic N) is 1. The first-order chi connectivity index (χ1) is 22.3. The molecule has 0 radical (unpaired) electrons. The standard InChI is InChI=1S/C32H27Cl2F4N3O6/c33-23-6-19(40-13-31(45,14-40)32(36,37)38)7-24(34)27(23)29(42)39-10-16-2-1-3-20(28(16)47-15-39)21-9-26(22(30(43)44)8-25(21)35)41-17-4-5-18(41)12-46-11-17/h1-3,6-9,17-18,45H,4-5,10-15H2,(H,43,44). The van der Waals surface area contributed by atoms with Gasteiger partial charge in [0.05, 0.1) is 71.8 Å². The highest BCUT2D eigenvalue weighted by Crippen LogP contribution is 2.45. The SMILES string of the molecule is O=C(O)c1cc(F)c(-c2cccc3c2OCN(C(=O)c2c(Cl)cc(N4CC(O)(C(F)(F)F)C4)cc2Cl)C3)cc1N1C2CCC1COC2. The van der Waals surface area contributed by atoms with Crippen molar-refractivity contribution in [1.82, 2.24) is 4.90 Å². The predicted octanol–water partition coefficient (Wildman–Crippen LogP) is 5.97. The summed E-state index contributed by atoms with van der Waals surface area (Å²) in [5.74, 6) is -2.25. The highest BCUT2D eigenvalue weighted by atomic mass is 35.5. The number of aliphatic hydroxyl groups is 1. The van der Waals surface area contributed by atoms with Crippen LogP contribution in [-0.4, -0.2) is 83.9 Å². The summed E-state index contributed by atoms with van der Waals surface area (Å²) in [5, 5.41) is 19.5. The summed E-state index contributed by atoms with van der Waals surface area (Å²) in [5.41, 5.74) is -1.35. The fraction of sp³-hybridized carbons (Fsp3) is 0.375. The number of para-hydroxylation sites is 1. The largest absolute Gasteiger partial charge is 0.478 e. The number of carbonyl (C=O) groups excluding carboxylic acids is 1. The van der Waals surface area contributed by atoms with Crippen LogP contribution in [0, 0.1) is 5.82 Å². The van der Waals surface area contributed by atoms with Crippen molar-refractivity contribution >= 4 is 46.5 Å². The number of anilines is 2. The third-order valence-electron chi connectivity index (χ3n) is 9.27. The molecule has 4 aliphatic heterocycles. The second kappa shape index (κ2) is 11.4. The maximum atomic E-state index is 15.6. The lowest BCUT2D eigenvalue weighted by Gasteiger charge is -2.48. The monoisotopic (exact) mass is 695 g/mol. The predicted molar refractivity (Wildman–Crippen MR) is 164 cm³/mol. The molecule has 47 heavy (non-hydrogen) atoms. The van der Waals surface area contributed by atoms with E-state index in [2.05, 4.69) is 0 Å². The molecular formula is C32H27Cl2F4N3O6. The van der Waals surface area contributed by atoms with E-state index in [1.165, 1.54) is 21.9 Å². The zero-order valence-corrected chi connectivity index (χ0v) is 26.0. The molecule has 2 unspecified atom stereocenters. The summed E-state index contributed by atoms with van der Waals surface area (Å²) < 4.78 is 66.6. The Bertz CT molecular complexity index is 1760. The molecule has 7 rings (SSSR count). The summed E-state index contributed by atoms with van der Waals surface area (Å²) in [6.07, 6.45) is -3.13. The summed E-state index contributed by atoms with van der Waals surface area (Å²) in [6, 6.07) is 10.2. The number of benzene rings is 3. The highest BCUT2D eigenvalue weighted by Gasteiger charge is 2.61. The number of fused-ring (bicyclic) bond motifs is 3. The Hall–Kier alpha value is -3.78. The van der Waals surface area contributed by atoms with E-state index in [1.54, 1.807) is 24.3 Å². The fourth-order valence-electron chi connectivity index (χ4n) is 6.84. The van der Waals surface area contributed by atoms with Gasteiger partial charge in [-0.3, -0.25) is 4.79 Å². The van der Waals surface area contributed by atoms with Crippen LogP contribution >= 0.6 is 23.2 Å². The van der Waals surface area contributed by atoms with E-state index in [4.69, 9.17) is 32.7 Å². The van der Waals surface area contributed by atoms with E-state index in [0.717, 1.165) is 18.9 Å². The third-order valence-corrected chi connectivity index (χ3v) is 9.87. The molecule has 4 heterocycles. The van der Waals surface area contributed by atoms with Crippen molar-refractivity contribution in [3.05, 3.63) is 75.0 Å². The molecule has 2 bridgehead atoms. The number of aromatic carboxylic acids is 1. The minimum Gasteiger partial charge on any atom is -0.478 e. The van der Waals surface area contributed by atoms with Gasteiger partial charge in [-0.2, -0.15) is 13.2 Å². The number of carboxylic acids is 1. The molecule has 1 amide bonds. The van der Waals surface area contributed by atoms with Gasteiger partial charge in [0.1, 0.15) is 11.6 Å². The van der Waals surface area contributed by atoms with E-state index in [0.29, 0.717) is 35.8 Å². The molecule has 2 N–H and O–H groups in total. The highest BCUT2D eigenvalue weighted by molar-refractivity contribution is 6.40. The van der Waals surface area contributed by atoms with Gasteiger partial charge in [-0.25, -0.2) is 9.18 Å². The van der Waals surface area contributed by atoms with Gasteiger partial charge in [0.15, 0.2) is 12.3 Å². The van der Waals surface area contributed by atoms with E-state index in [-0.39, 0.29) is 57.8 Å². The molecule has 3 fully saturated rings. The number of carbonyl (C=O) groups is 2. The second-order valence-electron chi connectivity index (χ2n) is 12.2. The molecule has 0 aliphatic carbocycles. The molecule has 2 atom stereocenters. The minimum absolute atomic E-state index is 0.0209. The second-order valence-corrected chi connectivity index (χ2v) is 13.0. The van der Waals surface area contributed by atoms with Crippen molar-refractivity contribution < 1.29 is 46.8 Å². The maximum Gasteiger partial charge on any atom is 0.420 e. The number of rotatable bonds is 5. The van der Waals surface area contributed by atoms with Gasteiger partial charge in [-0.05, 0) is 37.1 Å². The van der Waals surface area contributed by atoms with E-state index in [1.807, 2.05) is 4.90 Å². The first-order valence-electron chi connectivity index (χ1n) is 14.8. The molecule has 3 aromatic rings. The van der Waals surface area contributed by atoms with Crippen molar-refractivity contribution in [3.63, 3.8) is 0 Å². The number of ether oxygens (including phenoxy) is 2. The average molecular weight is 696 g/mol. The van der Waals surface area contributed by atoms with Crippen LogP contribution in [0.3, 0.4) is 0 Å². The van der Waals surface area contributed by atoms with Gasteiger partial charge in [-0.1, -0.05) is 41.4 Å². The smallest absolute Gasteiger partial charge is 0.420 e. The van der Waals surface area contributed by atoms with Gasteiger partial charge in [0.25, 0.3) is 5.91 Å². The number of amides is 1. The molecule has 9 nitrogen and oxygen atoms in total. The van der Waals surface area contributed by atoms with Gasteiger partial charge < -0.3 is 34.4 Å². The Balaban J connectivity index is 1.15. The Kier molecular flexibility index (Phi) is 7.73. The van der Waals surface area contributed by atoms with Crippen molar-refractivity contribution in [3.8, 4) is 16.9 Å². The Labute approximate surface area is 275 Å². The molecule has 4 aliphatic rings. The molecule has 0 aromatic heterocycles. The Morgan fingerprint density at radius 3 is 2.26 bits per heavy atom. The maximum absolute atomic E-state index is 15.6. The third kappa shape index (κ3) is 5.33. The van der Waals surface area contributed by atoms with Crippen LogP contribution < -0.4 is 14.5 Å². The van der Waals surface area contributed by atoms with Crippen LogP contribution in [0.25, 0.3) is 11.1 Å². The van der Waals surface area contributed by atoms with Gasteiger partial charge in [-0.15, -0.1) is 0 Å². The van der Waals surface area contributed by atoms with Crippen LogP contribution in [0.15, 0.2) is 42.5 Å². The molecule has 0 saturated carbocycles. The average Bonchev–Trinajstić information content (AvgIpc) is 3.24. The van der Waals surface area contributed by atoms with Crippen LogP contribution in [0.5, 0.6) is 5.75 Å². The van der Waals surface area contributed by atoms with Crippen LogP contribution in [0.2, 0.25) is 10.0 Å². The molecule has 15 heteroatoms. The summed E-state index contributed by atoms with van der Waals surface area (Å²) in [4.78, 5) is 30.4. The summed E-state index contributed by atoms with van der Waals surface area (Å²) in [7, 11) is 0. The lowest BCUT2D eigenvalue weighted by atomic mass is 9.92. The van der Waals surface area contributed by atoms with Crippen molar-refractivity contribution in [2.24, 2.45) is 0 Å². The zero-order chi connectivity index (χ0) is 33.4. The molecule has 3 aromatic carbocycles. The first-order valence-corrected chi connectivity index (χ1v) is 15.5. The molecule has 3 saturated heterocycles. The topological polar surface area (TPSA) is 103 Å². The minimum atomic E-state index is -4.80. The van der Waals surface area contributed by atoms with E-state index < -0.39 is 42.6 Å². The molecular weight excluding hydrogens is 669 g/mol. The number of halogens is 6. The molecule has 248 valence electrons.